The summed E-state index contributed by atoms with van der Waals surface area (Å²) >= 11 is 0. The predicted octanol–water partition coefficient (Wildman–Crippen LogP) is 1.09. The predicted molar refractivity (Wildman–Crippen MR) is 79.1 cm³/mol. The van der Waals surface area contributed by atoms with Gasteiger partial charge in [0.2, 0.25) is 0 Å². The zero-order valence-electron chi connectivity index (χ0n) is 12.5. The molecule has 1 aliphatic rings. The molecular weight excluding hydrogens is 284 g/mol. The quantitative estimate of drug-likeness (QED) is 0.825. The number of aromatic nitrogens is 3. The molecule has 0 bridgehead atoms. The Bertz CT molecular complexity index is 521. The van der Waals surface area contributed by atoms with Crippen LogP contribution in [0.1, 0.15) is 24.6 Å². The first-order valence-corrected chi connectivity index (χ1v) is 7.66. The third kappa shape index (κ3) is 4.16. The monoisotopic (exact) mass is 306 g/mol. The fourth-order valence-corrected chi connectivity index (χ4v) is 2.81. The fraction of sp³-hybridized carbons (Fsp3) is 0.600. The van der Waals surface area contributed by atoms with E-state index >= 15 is 0 Å². The van der Waals surface area contributed by atoms with Gasteiger partial charge in [0.1, 0.15) is 25.0 Å². The molecule has 7 heteroatoms. The molecule has 0 saturated carbocycles. The molecule has 7 nitrogen and oxygen atoms in total. The summed E-state index contributed by atoms with van der Waals surface area (Å²) in [6.07, 6.45) is 6.56. The number of likely N-dealkylation sites (tertiary alicyclic amines) is 1. The van der Waals surface area contributed by atoms with Crippen LogP contribution >= 0.6 is 0 Å². The molecule has 120 valence electrons. The van der Waals surface area contributed by atoms with Gasteiger partial charge >= 0.3 is 0 Å². The second-order valence-electron chi connectivity index (χ2n) is 5.66. The molecule has 1 fully saturated rings. The largest absolute Gasteiger partial charge is 0.467 e. The molecule has 2 aromatic rings. The lowest BCUT2D eigenvalue weighted by molar-refractivity contribution is 0.000256. The molecule has 0 aromatic carbocycles. The van der Waals surface area contributed by atoms with Crippen LogP contribution in [-0.4, -0.2) is 57.1 Å². The zero-order chi connectivity index (χ0) is 15.2. The minimum absolute atomic E-state index is 0.323. The molecule has 1 saturated heterocycles. The van der Waals surface area contributed by atoms with Crippen LogP contribution in [-0.2, 0) is 11.3 Å². The van der Waals surface area contributed by atoms with Gasteiger partial charge < -0.3 is 19.2 Å². The summed E-state index contributed by atoms with van der Waals surface area (Å²) in [6.45, 7) is 3.28. The average Bonchev–Trinajstić information content (AvgIpc) is 3.21. The van der Waals surface area contributed by atoms with Crippen LogP contribution in [0.25, 0.3) is 0 Å². The van der Waals surface area contributed by atoms with Crippen LogP contribution < -0.4 is 0 Å². The van der Waals surface area contributed by atoms with Gasteiger partial charge in [0.15, 0.2) is 0 Å². The molecule has 0 spiro atoms. The van der Waals surface area contributed by atoms with Gasteiger partial charge in [-0.15, -0.1) is 0 Å². The number of ether oxygens (including phenoxy) is 1. The van der Waals surface area contributed by atoms with Crippen molar-refractivity contribution in [2.24, 2.45) is 0 Å². The molecule has 3 heterocycles. The number of aliphatic hydroxyl groups excluding tert-OH is 1. The molecule has 0 aliphatic carbocycles. The van der Waals surface area contributed by atoms with Gasteiger partial charge in [-0.05, 0) is 25.0 Å². The Hall–Kier alpha value is -1.70. The molecule has 3 rings (SSSR count). The maximum Gasteiger partial charge on any atom is 0.137 e. The number of β-amino-alcohol motifs (C(OH)–C–C–N with tert-alkyl or cyclic N) is 1. The highest BCUT2D eigenvalue weighted by atomic mass is 16.5. The molecule has 1 unspecified atom stereocenters. The Morgan fingerprint density at radius 3 is 2.95 bits per heavy atom. The van der Waals surface area contributed by atoms with Crippen LogP contribution in [0.15, 0.2) is 35.5 Å². The lowest BCUT2D eigenvalue weighted by atomic mass is 10.1. The highest BCUT2D eigenvalue weighted by Gasteiger charge is 2.22. The van der Waals surface area contributed by atoms with E-state index in [2.05, 4.69) is 15.0 Å². The van der Waals surface area contributed by atoms with Gasteiger partial charge in [-0.1, -0.05) is 0 Å². The number of furan rings is 1. The average molecular weight is 306 g/mol. The second kappa shape index (κ2) is 7.53. The van der Waals surface area contributed by atoms with Crippen molar-refractivity contribution in [3.63, 3.8) is 0 Å². The SMILES string of the molecule is OC(COCc1ccco1)CN1CCC(n2cncn2)CC1. The summed E-state index contributed by atoms with van der Waals surface area (Å²) in [7, 11) is 0. The highest BCUT2D eigenvalue weighted by molar-refractivity contribution is 4.96. The van der Waals surface area contributed by atoms with Crippen molar-refractivity contribution in [2.45, 2.75) is 31.6 Å². The number of rotatable bonds is 7. The third-order valence-electron chi connectivity index (χ3n) is 3.97. The number of piperidine rings is 1. The molecular formula is C15H22N4O3. The van der Waals surface area contributed by atoms with E-state index < -0.39 is 6.10 Å². The summed E-state index contributed by atoms with van der Waals surface area (Å²) in [5, 5.41) is 14.3. The molecule has 1 aliphatic heterocycles. The lowest BCUT2D eigenvalue weighted by Crippen LogP contribution is -2.40. The van der Waals surface area contributed by atoms with Crippen LogP contribution in [0.2, 0.25) is 0 Å². The van der Waals surface area contributed by atoms with E-state index in [1.165, 1.54) is 0 Å². The first kappa shape index (κ1) is 15.2. The van der Waals surface area contributed by atoms with Gasteiger partial charge in [0.25, 0.3) is 0 Å². The van der Waals surface area contributed by atoms with Crippen molar-refractivity contribution in [3.05, 3.63) is 36.8 Å². The second-order valence-corrected chi connectivity index (χ2v) is 5.66. The number of hydrogen-bond donors (Lipinski definition) is 1. The van der Waals surface area contributed by atoms with Crippen LogP contribution in [0.5, 0.6) is 0 Å². The van der Waals surface area contributed by atoms with E-state index in [1.54, 1.807) is 18.9 Å². The van der Waals surface area contributed by atoms with E-state index in [9.17, 15) is 5.11 Å². The Labute approximate surface area is 129 Å². The molecule has 0 radical (unpaired) electrons. The standard InChI is InChI=1S/C15H22N4O3/c20-14(9-21-10-15-2-1-7-22-15)8-18-5-3-13(4-6-18)19-12-16-11-17-19/h1-2,7,11-14,20H,3-6,8-10H2. The van der Waals surface area contributed by atoms with Crippen LogP contribution in [0, 0.1) is 0 Å². The first-order valence-electron chi connectivity index (χ1n) is 7.66. The molecule has 2 aromatic heterocycles. The minimum Gasteiger partial charge on any atom is -0.467 e. The van der Waals surface area contributed by atoms with E-state index in [0.717, 1.165) is 31.7 Å². The number of aliphatic hydroxyl groups is 1. The Balaban J connectivity index is 1.33. The van der Waals surface area contributed by atoms with Crippen molar-refractivity contribution < 1.29 is 14.3 Å². The van der Waals surface area contributed by atoms with Crippen molar-refractivity contribution in [1.82, 2.24) is 19.7 Å². The third-order valence-corrected chi connectivity index (χ3v) is 3.97. The van der Waals surface area contributed by atoms with Crippen molar-refractivity contribution in [1.29, 1.82) is 0 Å². The summed E-state index contributed by atoms with van der Waals surface area (Å²) in [6, 6.07) is 4.11. The van der Waals surface area contributed by atoms with E-state index in [-0.39, 0.29) is 0 Å². The van der Waals surface area contributed by atoms with Crippen LogP contribution in [0.4, 0.5) is 0 Å². The zero-order valence-corrected chi connectivity index (χ0v) is 12.5. The van der Waals surface area contributed by atoms with E-state index in [4.69, 9.17) is 9.15 Å². The van der Waals surface area contributed by atoms with E-state index in [0.29, 0.717) is 25.8 Å². The van der Waals surface area contributed by atoms with Gasteiger partial charge in [0, 0.05) is 19.6 Å². The van der Waals surface area contributed by atoms with Crippen molar-refractivity contribution in [2.75, 3.05) is 26.2 Å². The Morgan fingerprint density at radius 1 is 1.41 bits per heavy atom. The smallest absolute Gasteiger partial charge is 0.137 e. The minimum atomic E-state index is -0.474. The molecule has 22 heavy (non-hydrogen) atoms. The normalized spacial score (nSPS) is 18.6. The van der Waals surface area contributed by atoms with Gasteiger partial charge in [-0.25, -0.2) is 9.67 Å². The van der Waals surface area contributed by atoms with Crippen molar-refractivity contribution in [3.8, 4) is 0 Å². The van der Waals surface area contributed by atoms with Crippen molar-refractivity contribution >= 4 is 0 Å². The van der Waals surface area contributed by atoms with Gasteiger partial charge in [-0.2, -0.15) is 5.10 Å². The first-order chi connectivity index (χ1) is 10.8. The van der Waals surface area contributed by atoms with Crippen LogP contribution in [0.3, 0.4) is 0 Å². The highest BCUT2D eigenvalue weighted by Crippen LogP contribution is 2.21. The molecule has 1 atom stereocenters. The summed E-state index contributed by atoms with van der Waals surface area (Å²) in [5.41, 5.74) is 0. The summed E-state index contributed by atoms with van der Waals surface area (Å²) in [4.78, 5) is 6.27. The Kier molecular flexibility index (Phi) is 5.20. The number of hydrogen-bond acceptors (Lipinski definition) is 6. The van der Waals surface area contributed by atoms with Gasteiger partial charge in [-0.3, -0.25) is 0 Å². The maximum atomic E-state index is 10.1. The summed E-state index contributed by atoms with van der Waals surface area (Å²) < 4.78 is 12.6. The topological polar surface area (TPSA) is 76.6 Å². The van der Waals surface area contributed by atoms with E-state index in [1.807, 2.05) is 16.8 Å². The molecule has 0 amide bonds. The number of nitrogens with zero attached hydrogens (tertiary/aromatic N) is 4. The Morgan fingerprint density at radius 2 is 2.27 bits per heavy atom. The molecule has 1 N–H and O–H groups in total. The lowest BCUT2D eigenvalue weighted by Gasteiger charge is -2.32. The summed E-state index contributed by atoms with van der Waals surface area (Å²) in [5.74, 6) is 0.779. The van der Waals surface area contributed by atoms with Gasteiger partial charge in [0.05, 0.1) is 25.0 Å². The fourth-order valence-electron chi connectivity index (χ4n) is 2.81. The maximum absolute atomic E-state index is 10.1.